The molecule has 144 valence electrons. The topological polar surface area (TPSA) is 63.3 Å². The van der Waals surface area contributed by atoms with Crippen LogP contribution < -0.4 is 5.73 Å². The molecule has 0 aromatic heterocycles. The van der Waals surface area contributed by atoms with Crippen molar-refractivity contribution in [3.63, 3.8) is 0 Å². The Morgan fingerprint density at radius 2 is 1.52 bits per heavy atom. The van der Waals surface area contributed by atoms with Gasteiger partial charge in [0.1, 0.15) is 0 Å². The van der Waals surface area contributed by atoms with Crippen LogP contribution in [0.15, 0.2) is 78.9 Å². The van der Waals surface area contributed by atoms with E-state index >= 15 is 0 Å². The van der Waals surface area contributed by atoms with E-state index in [2.05, 4.69) is 48.2 Å². The largest absolute Gasteiger partial charge is 0.478 e. The molecule has 3 aromatic rings. The van der Waals surface area contributed by atoms with Crippen LogP contribution in [0.25, 0.3) is 0 Å². The molecule has 0 radical (unpaired) electrons. The number of aromatic carboxylic acids is 1. The summed E-state index contributed by atoms with van der Waals surface area (Å²) in [5.41, 5.74) is 10.9. The van der Waals surface area contributed by atoms with E-state index in [4.69, 9.17) is 10.8 Å². The van der Waals surface area contributed by atoms with Gasteiger partial charge in [0, 0.05) is 16.7 Å². The molecule has 0 amide bonds. The summed E-state index contributed by atoms with van der Waals surface area (Å²) < 4.78 is 0. The maximum atomic E-state index is 10.9. The zero-order valence-corrected chi connectivity index (χ0v) is 16.1. The molecule has 1 aliphatic carbocycles. The highest BCUT2D eigenvalue weighted by atomic mass is 16.4. The molecule has 0 saturated heterocycles. The predicted molar refractivity (Wildman–Crippen MR) is 115 cm³/mol. The fourth-order valence-corrected chi connectivity index (χ4v) is 3.75. The number of carbonyl (C=O) groups is 1. The normalized spacial score (nSPS) is 19.8. The van der Waals surface area contributed by atoms with Gasteiger partial charge in [0.25, 0.3) is 0 Å². The number of carboxylic acids is 1. The SMILES string of the molecule is NC1(c2ccc(C#Cc3ccc(C(=O)O)cc3)cc2)CC1CCc1ccccc1. The number of nitrogens with two attached hydrogens (primary N) is 1. The number of rotatable bonds is 5. The molecule has 2 atom stereocenters. The van der Waals surface area contributed by atoms with Crippen LogP contribution in [-0.4, -0.2) is 11.1 Å². The summed E-state index contributed by atoms with van der Waals surface area (Å²) in [4.78, 5) is 10.9. The zero-order valence-electron chi connectivity index (χ0n) is 16.1. The number of carboxylic acid groups (broad SMARTS) is 1. The summed E-state index contributed by atoms with van der Waals surface area (Å²) in [6.45, 7) is 0. The highest BCUT2D eigenvalue weighted by Gasteiger charge is 2.51. The minimum atomic E-state index is -0.932. The fourth-order valence-electron chi connectivity index (χ4n) is 3.75. The van der Waals surface area contributed by atoms with Crippen LogP contribution in [-0.2, 0) is 12.0 Å². The van der Waals surface area contributed by atoms with E-state index in [1.807, 2.05) is 18.2 Å². The van der Waals surface area contributed by atoms with Gasteiger partial charge in [0.05, 0.1) is 5.56 Å². The van der Waals surface area contributed by atoms with Gasteiger partial charge in [-0.1, -0.05) is 54.3 Å². The number of hydrogen-bond donors (Lipinski definition) is 2. The Morgan fingerprint density at radius 3 is 2.10 bits per heavy atom. The first kappa shape index (κ1) is 19.0. The van der Waals surface area contributed by atoms with Gasteiger partial charge in [0.15, 0.2) is 0 Å². The molecule has 0 bridgehead atoms. The van der Waals surface area contributed by atoms with Crippen molar-refractivity contribution in [2.75, 3.05) is 0 Å². The summed E-state index contributed by atoms with van der Waals surface area (Å²) in [5, 5.41) is 8.94. The Hall–Kier alpha value is -3.35. The van der Waals surface area contributed by atoms with Gasteiger partial charge in [-0.05, 0) is 72.7 Å². The Morgan fingerprint density at radius 1 is 0.931 bits per heavy atom. The molecule has 1 saturated carbocycles. The average Bonchev–Trinajstić information content (AvgIpc) is 3.43. The van der Waals surface area contributed by atoms with Crippen molar-refractivity contribution in [2.45, 2.75) is 24.8 Å². The zero-order chi connectivity index (χ0) is 20.3. The van der Waals surface area contributed by atoms with Crippen molar-refractivity contribution >= 4 is 5.97 Å². The molecular weight excluding hydrogens is 358 g/mol. The van der Waals surface area contributed by atoms with Crippen LogP contribution in [0, 0.1) is 17.8 Å². The number of aryl methyl sites for hydroxylation is 1. The Bertz CT molecular complexity index is 1060. The number of benzene rings is 3. The first-order valence-corrected chi connectivity index (χ1v) is 9.83. The third-order valence-electron chi connectivity index (χ3n) is 5.68. The monoisotopic (exact) mass is 381 g/mol. The molecule has 1 aliphatic rings. The van der Waals surface area contributed by atoms with E-state index in [-0.39, 0.29) is 11.1 Å². The van der Waals surface area contributed by atoms with Gasteiger partial charge in [-0.15, -0.1) is 0 Å². The molecule has 0 spiro atoms. The summed E-state index contributed by atoms with van der Waals surface area (Å²) in [6.07, 6.45) is 3.20. The lowest BCUT2D eigenvalue weighted by Gasteiger charge is -2.12. The molecule has 3 aromatic carbocycles. The Labute approximate surface area is 171 Å². The first-order valence-electron chi connectivity index (χ1n) is 9.83. The van der Waals surface area contributed by atoms with E-state index in [9.17, 15) is 4.79 Å². The van der Waals surface area contributed by atoms with Gasteiger partial charge in [0.2, 0.25) is 0 Å². The lowest BCUT2D eigenvalue weighted by molar-refractivity contribution is 0.0697. The van der Waals surface area contributed by atoms with Crippen LogP contribution in [0.4, 0.5) is 0 Å². The maximum absolute atomic E-state index is 10.9. The smallest absolute Gasteiger partial charge is 0.335 e. The van der Waals surface area contributed by atoms with Crippen molar-refractivity contribution in [3.05, 3.63) is 107 Å². The number of hydrogen-bond acceptors (Lipinski definition) is 2. The van der Waals surface area contributed by atoms with Crippen LogP contribution in [0.3, 0.4) is 0 Å². The van der Waals surface area contributed by atoms with E-state index < -0.39 is 5.97 Å². The van der Waals surface area contributed by atoms with Crippen molar-refractivity contribution in [3.8, 4) is 11.8 Å². The van der Waals surface area contributed by atoms with E-state index in [0.29, 0.717) is 5.92 Å². The molecule has 2 unspecified atom stereocenters. The standard InChI is InChI=1S/C26H23NO2/c27-26(18-24(26)17-12-19-4-2-1-3-5-19)23-15-10-21(11-16-23)7-6-20-8-13-22(14-9-20)25(28)29/h1-5,8-11,13-16,24H,12,17-18,27H2,(H,28,29). The molecule has 4 rings (SSSR count). The summed E-state index contributed by atoms with van der Waals surface area (Å²) >= 11 is 0. The van der Waals surface area contributed by atoms with E-state index in [1.54, 1.807) is 24.3 Å². The lowest BCUT2D eigenvalue weighted by atomic mass is 9.98. The van der Waals surface area contributed by atoms with Crippen LogP contribution in [0.2, 0.25) is 0 Å². The van der Waals surface area contributed by atoms with Gasteiger partial charge >= 0.3 is 5.97 Å². The highest BCUT2D eigenvalue weighted by molar-refractivity contribution is 5.87. The molecule has 0 heterocycles. The second-order valence-corrected chi connectivity index (χ2v) is 7.68. The maximum Gasteiger partial charge on any atom is 0.335 e. The molecule has 0 aliphatic heterocycles. The lowest BCUT2D eigenvalue weighted by Crippen LogP contribution is -2.22. The minimum absolute atomic E-state index is 0.215. The van der Waals surface area contributed by atoms with Crippen molar-refractivity contribution in [1.29, 1.82) is 0 Å². The Balaban J connectivity index is 1.38. The quantitative estimate of drug-likeness (QED) is 0.635. The Kier molecular flexibility index (Phi) is 5.20. The third kappa shape index (κ3) is 4.39. The first-order chi connectivity index (χ1) is 14.0. The second kappa shape index (κ2) is 7.95. The molecule has 3 nitrogen and oxygen atoms in total. The van der Waals surface area contributed by atoms with E-state index in [1.165, 1.54) is 11.1 Å². The summed E-state index contributed by atoms with van der Waals surface area (Å²) in [6, 6.07) is 25.3. The fraction of sp³-hybridized carbons (Fsp3) is 0.192. The average molecular weight is 381 g/mol. The van der Waals surface area contributed by atoms with Crippen LogP contribution >= 0.6 is 0 Å². The van der Waals surface area contributed by atoms with Gasteiger partial charge in [-0.25, -0.2) is 4.79 Å². The highest BCUT2D eigenvalue weighted by Crippen LogP contribution is 2.52. The van der Waals surface area contributed by atoms with Crippen molar-refractivity contribution < 1.29 is 9.90 Å². The summed E-state index contributed by atoms with van der Waals surface area (Å²) in [5.74, 6) is 5.79. The molecule has 3 N–H and O–H groups in total. The predicted octanol–water partition coefficient (Wildman–Crippen LogP) is 4.59. The minimum Gasteiger partial charge on any atom is -0.478 e. The van der Waals surface area contributed by atoms with Crippen molar-refractivity contribution in [1.82, 2.24) is 0 Å². The van der Waals surface area contributed by atoms with Crippen LogP contribution in [0.5, 0.6) is 0 Å². The molecule has 3 heteroatoms. The van der Waals surface area contributed by atoms with Gasteiger partial charge in [-0.2, -0.15) is 0 Å². The third-order valence-corrected chi connectivity index (χ3v) is 5.68. The molecule has 1 fully saturated rings. The van der Waals surface area contributed by atoms with Crippen molar-refractivity contribution in [2.24, 2.45) is 11.7 Å². The van der Waals surface area contributed by atoms with Gasteiger partial charge in [-0.3, -0.25) is 0 Å². The van der Waals surface area contributed by atoms with Gasteiger partial charge < -0.3 is 10.8 Å². The second-order valence-electron chi connectivity index (χ2n) is 7.68. The summed E-state index contributed by atoms with van der Waals surface area (Å²) in [7, 11) is 0. The molecular formula is C26H23NO2. The molecule has 29 heavy (non-hydrogen) atoms. The van der Waals surface area contributed by atoms with Crippen LogP contribution in [0.1, 0.15) is 45.5 Å². The van der Waals surface area contributed by atoms with E-state index in [0.717, 1.165) is 30.4 Å².